The fourth-order valence-corrected chi connectivity index (χ4v) is 4.59. The van der Waals surface area contributed by atoms with Crippen molar-refractivity contribution in [3.8, 4) is 0 Å². The maximum Gasteiger partial charge on any atom is 0.110 e. The average Bonchev–Trinajstić information content (AvgIpc) is 2.55. The summed E-state index contributed by atoms with van der Waals surface area (Å²) in [6.07, 6.45) is -1.55. The highest BCUT2D eigenvalue weighted by molar-refractivity contribution is 6.56. The fourth-order valence-electron chi connectivity index (χ4n) is 1.87. The summed E-state index contributed by atoms with van der Waals surface area (Å²) in [5.41, 5.74) is -0.119. The molecule has 0 radical (unpaired) electrons. The van der Waals surface area contributed by atoms with Crippen LogP contribution in [0.1, 0.15) is 17.2 Å². The number of aliphatic hydroxyl groups excluding tert-OH is 1. The average molecular weight is 529 g/mol. The van der Waals surface area contributed by atoms with Crippen LogP contribution >= 0.6 is 116 Å². The van der Waals surface area contributed by atoms with Crippen LogP contribution in [0.2, 0.25) is 50.2 Å². The van der Waals surface area contributed by atoms with Gasteiger partial charge >= 0.3 is 0 Å². The van der Waals surface area contributed by atoms with Gasteiger partial charge in [-0.3, -0.25) is 0 Å². The molecule has 0 fully saturated rings. The standard InChI is InChI=1S/C13H2Cl10O/c14-3-1(4(15)8(19)11(22)7(3)18)13(24)2-5(16)9(20)12(23)10(21)6(2)17/h13,24H. The van der Waals surface area contributed by atoms with Crippen LogP contribution in [-0.4, -0.2) is 5.11 Å². The van der Waals surface area contributed by atoms with Crippen LogP contribution in [0.4, 0.5) is 0 Å². The molecule has 130 valence electrons. The molecular formula is C13H2Cl10O. The summed E-state index contributed by atoms with van der Waals surface area (Å²) in [6.45, 7) is 0. The number of benzene rings is 2. The number of hydrogen-bond acceptors (Lipinski definition) is 1. The van der Waals surface area contributed by atoms with Gasteiger partial charge in [-0.05, 0) is 0 Å². The smallest absolute Gasteiger partial charge is 0.110 e. The Bertz CT molecular complexity index is 720. The highest BCUT2D eigenvalue weighted by Crippen LogP contribution is 2.52. The van der Waals surface area contributed by atoms with Gasteiger partial charge in [0.05, 0.1) is 50.2 Å². The van der Waals surface area contributed by atoms with E-state index in [0.717, 1.165) is 0 Å². The zero-order valence-corrected chi connectivity index (χ0v) is 18.4. The monoisotopic (exact) mass is 524 g/mol. The summed E-state index contributed by atoms with van der Waals surface area (Å²) >= 11 is 60.4. The van der Waals surface area contributed by atoms with E-state index in [-0.39, 0.29) is 61.4 Å². The van der Waals surface area contributed by atoms with E-state index in [0.29, 0.717) is 0 Å². The van der Waals surface area contributed by atoms with Crippen LogP contribution in [0, 0.1) is 0 Å². The minimum atomic E-state index is -1.55. The van der Waals surface area contributed by atoms with Gasteiger partial charge in [-0.25, -0.2) is 0 Å². The van der Waals surface area contributed by atoms with Crippen LogP contribution < -0.4 is 0 Å². The number of halogens is 10. The van der Waals surface area contributed by atoms with E-state index in [2.05, 4.69) is 0 Å². The molecule has 0 heterocycles. The van der Waals surface area contributed by atoms with E-state index < -0.39 is 6.10 Å². The lowest BCUT2D eigenvalue weighted by molar-refractivity contribution is 0.221. The van der Waals surface area contributed by atoms with Crippen molar-refractivity contribution in [2.24, 2.45) is 0 Å². The van der Waals surface area contributed by atoms with Crippen LogP contribution in [0.25, 0.3) is 0 Å². The zero-order chi connectivity index (χ0) is 18.5. The lowest BCUT2D eigenvalue weighted by Gasteiger charge is -2.21. The second-order valence-electron chi connectivity index (χ2n) is 4.37. The molecule has 1 N–H and O–H groups in total. The Morgan fingerprint density at radius 2 is 0.542 bits per heavy atom. The Morgan fingerprint density at radius 1 is 0.375 bits per heavy atom. The van der Waals surface area contributed by atoms with E-state index in [1.54, 1.807) is 0 Å². The molecule has 0 aliphatic carbocycles. The third-order valence-corrected chi connectivity index (χ3v) is 7.65. The first kappa shape index (κ1) is 21.6. The second-order valence-corrected chi connectivity index (χ2v) is 8.15. The van der Waals surface area contributed by atoms with E-state index >= 15 is 0 Å². The lowest BCUT2D eigenvalue weighted by atomic mass is 10.0. The largest absolute Gasteiger partial charge is 0.383 e. The Kier molecular flexibility index (Phi) is 7.31. The van der Waals surface area contributed by atoms with Crippen LogP contribution in [0.5, 0.6) is 0 Å². The molecule has 0 aromatic heterocycles. The number of rotatable bonds is 2. The van der Waals surface area contributed by atoms with Gasteiger partial charge in [0.1, 0.15) is 6.10 Å². The highest BCUT2D eigenvalue weighted by Gasteiger charge is 2.30. The minimum Gasteiger partial charge on any atom is -0.383 e. The molecule has 0 saturated carbocycles. The van der Waals surface area contributed by atoms with Crippen LogP contribution in [0.3, 0.4) is 0 Å². The Labute approximate surface area is 187 Å². The molecule has 0 saturated heterocycles. The summed E-state index contributed by atoms with van der Waals surface area (Å²) in [4.78, 5) is 0. The first-order chi connectivity index (χ1) is 11.0. The molecule has 0 unspecified atom stereocenters. The van der Waals surface area contributed by atoms with Crippen molar-refractivity contribution in [1.82, 2.24) is 0 Å². The van der Waals surface area contributed by atoms with Crippen molar-refractivity contribution in [2.45, 2.75) is 6.10 Å². The van der Waals surface area contributed by atoms with Gasteiger partial charge in [-0.1, -0.05) is 116 Å². The maximum absolute atomic E-state index is 10.7. The molecule has 0 spiro atoms. The van der Waals surface area contributed by atoms with Crippen molar-refractivity contribution in [2.75, 3.05) is 0 Å². The first-order valence-electron chi connectivity index (χ1n) is 5.73. The van der Waals surface area contributed by atoms with E-state index in [4.69, 9.17) is 116 Å². The summed E-state index contributed by atoms with van der Waals surface area (Å²) in [6, 6.07) is 0. The summed E-state index contributed by atoms with van der Waals surface area (Å²) in [5.74, 6) is 0. The molecule has 2 aromatic rings. The molecule has 0 aliphatic heterocycles. The summed E-state index contributed by atoms with van der Waals surface area (Å²) < 4.78 is 0. The Hall–Kier alpha value is 1.30. The van der Waals surface area contributed by atoms with E-state index in [1.807, 2.05) is 0 Å². The topological polar surface area (TPSA) is 20.2 Å². The van der Waals surface area contributed by atoms with Crippen LogP contribution in [0.15, 0.2) is 0 Å². The van der Waals surface area contributed by atoms with Crippen molar-refractivity contribution in [1.29, 1.82) is 0 Å². The van der Waals surface area contributed by atoms with Gasteiger partial charge in [0.25, 0.3) is 0 Å². The highest BCUT2D eigenvalue weighted by atomic mass is 35.5. The zero-order valence-electron chi connectivity index (χ0n) is 10.8. The van der Waals surface area contributed by atoms with Gasteiger partial charge in [0, 0.05) is 11.1 Å². The van der Waals surface area contributed by atoms with Crippen molar-refractivity contribution in [3.05, 3.63) is 61.4 Å². The molecule has 2 aromatic carbocycles. The van der Waals surface area contributed by atoms with E-state index in [1.165, 1.54) is 0 Å². The van der Waals surface area contributed by atoms with E-state index in [9.17, 15) is 5.11 Å². The predicted molar refractivity (Wildman–Crippen MR) is 107 cm³/mol. The Morgan fingerprint density at radius 3 is 0.750 bits per heavy atom. The Balaban J connectivity index is 2.84. The second kappa shape index (κ2) is 8.12. The maximum atomic E-state index is 10.7. The summed E-state index contributed by atoms with van der Waals surface area (Å²) in [7, 11) is 0. The van der Waals surface area contributed by atoms with Crippen LogP contribution in [-0.2, 0) is 0 Å². The van der Waals surface area contributed by atoms with Crippen molar-refractivity contribution in [3.63, 3.8) is 0 Å². The van der Waals surface area contributed by atoms with Crippen molar-refractivity contribution >= 4 is 116 Å². The summed E-state index contributed by atoms with van der Waals surface area (Å²) in [5, 5.41) is 9.72. The van der Waals surface area contributed by atoms with Crippen molar-refractivity contribution < 1.29 is 5.11 Å². The molecule has 0 amide bonds. The third-order valence-electron chi connectivity index (χ3n) is 3.03. The van der Waals surface area contributed by atoms with Gasteiger partial charge < -0.3 is 5.11 Å². The molecule has 11 heteroatoms. The first-order valence-corrected chi connectivity index (χ1v) is 9.51. The molecule has 0 aliphatic rings. The molecule has 0 atom stereocenters. The van der Waals surface area contributed by atoms with Gasteiger partial charge in [-0.15, -0.1) is 0 Å². The van der Waals surface area contributed by atoms with Gasteiger partial charge in [-0.2, -0.15) is 0 Å². The van der Waals surface area contributed by atoms with Gasteiger partial charge in [0.2, 0.25) is 0 Å². The molecule has 1 nitrogen and oxygen atoms in total. The molecule has 0 bridgehead atoms. The fraction of sp³-hybridized carbons (Fsp3) is 0.0769. The lowest BCUT2D eigenvalue weighted by Crippen LogP contribution is -2.05. The minimum absolute atomic E-state index is 0.0593. The normalized spacial score (nSPS) is 11.5. The SMILES string of the molecule is OC(c1c(Cl)c(Cl)c(Cl)c(Cl)c1Cl)c1c(Cl)c(Cl)c(Cl)c(Cl)c1Cl. The predicted octanol–water partition coefficient (Wildman–Crippen LogP) is 9.30. The molecular weight excluding hydrogens is 527 g/mol. The third kappa shape index (κ3) is 3.53. The quantitative estimate of drug-likeness (QED) is 0.304. The van der Waals surface area contributed by atoms with Gasteiger partial charge in [0.15, 0.2) is 0 Å². The molecule has 2 rings (SSSR count). The number of aliphatic hydroxyl groups is 1. The number of hydrogen-bond donors (Lipinski definition) is 1. The molecule has 24 heavy (non-hydrogen) atoms.